The number of oxazole rings is 1. The van der Waals surface area contributed by atoms with Crippen molar-refractivity contribution >= 4 is 28.4 Å². The highest BCUT2D eigenvalue weighted by molar-refractivity contribution is 5.93. The second kappa shape index (κ2) is 5.28. The van der Waals surface area contributed by atoms with Gasteiger partial charge in [-0.1, -0.05) is 12.1 Å². The number of para-hydroxylation sites is 1. The number of nitrogens with one attached hydrogen (secondary N) is 1. The van der Waals surface area contributed by atoms with E-state index in [0.717, 1.165) is 0 Å². The van der Waals surface area contributed by atoms with Crippen LogP contribution in [0.3, 0.4) is 0 Å². The molecule has 0 atom stereocenters. The quantitative estimate of drug-likeness (QED) is 0.590. The zero-order valence-electron chi connectivity index (χ0n) is 11.6. The van der Waals surface area contributed by atoms with Gasteiger partial charge in [-0.15, -0.1) is 0 Å². The number of hydrogen-bond donors (Lipinski definition) is 1. The minimum Gasteiger partial charge on any atom is -0.436 e. The van der Waals surface area contributed by atoms with Gasteiger partial charge in [-0.2, -0.15) is 0 Å². The van der Waals surface area contributed by atoms with E-state index < -0.39 is 4.92 Å². The second-order valence-electron chi connectivity index (χ2n) is 4.65. The molecular formula is C15H11N3O4. The summed E-state index contributed by atoms with van der Waals surface area (Å²) in [5.74, 6) is 0.0825. The van der Waals surface area contributed by atoms with Gasteiger partial charge in [0.15, 0.2) is 5.58 Å². The molecule has 3 rings (SSSR count). The number of rotatable bonds is 3. The SMILES string of the molecule is CC(=O)Nc1ccccc1-c1nc2cc([N+](=O)[O-])ccc2o1. The van der Waals surface area contributed by atoms with Gasteiger partial charge < -0.3 is 9.73 Å². The normalized spacial score (nSPS) is 10.6. The maximum atomic E-state index is 11.3. The molecule has 1 heterocycles. The summed E-state index contributed by atoms with van der Waals surface area (Å²) in [6, 6.07) is 11.3. The third-order valence-corrected chi connectivity index (χ3v) is 3.05. The minimum absolute atomic E-state index is 0.0532. The molecule has 3 aromatic rings. The monoisotopic (exact) mass is 297 g/mol. The molecule has 1 amide bonds. The lowest BCUT2D eigenvalue weighted by molar-refractivity contribution is -0.384. The Labute approximate surface area is 124 Å². The standard InChI is InChI=1S/C15H11N3O4/c1-9(19)16-12-5-3-2-4-11(12)15-17-13-8-10(18(20)21)6-7-14(13)22-15/h2-8H,1H3,(H,16,19). The van der Waals surface area contributed by atoms with Crippen LogP contribution in [-0.4, -0.2) is 15.8 Å². The largest absolute Gasteiger partial charge is 0.436 e. The van der Waals surface area contributed by atoms with E-state index >= 15 is 0 Å². The predicted molar refractivity (Wildman–Crippen MR) is 80.4 cm³/mol. The molecule has 0 spiro atoms. The molecular weight excluding hydrogens is 286 g/mol. The van der Waals surface area contributed by atoms with Crippen LogP contribution in [0.2, 0.25) is 0 Å². The van der Waals surface area contributed by atoms with Crippen molar-refractivity contribution in [1.29, 1.82) is 0 Å². The number of carbonyl (C=O) groups excluding carboxylic acids is 1. The van der Waals surface area contributed by atoms with Crippen LogP contribution in [0.25, 0.3) is 22.6 Å². The van der Waals surface area contributed by atoms with Crippen molar-refractivity contribution in [2.45, 2.75) is 6.92 Å². The minimum atomic E-state index is -0.487. The summed E-state index contributed by atoms with van der Waals surface area (Å²) < 4.78 is 5.63. The molecule has 0 radical (unpaired) electrons. The van der Waals surface area contributed by atoms with Crippen LogP contribution in [0.1, 0.15) is 6.92 Å². The fourth-order valence-electron chi connectivity index (χ4n) is 2.11. The zero-order chi connectivity index (χ0) is 15.7. The van der Waals surface area contributed by atoms with Gasteiger partial charge in [0.05, 0.1) is 16.2 Å². The summed E-state index contributed by atoms with van der Waals surface area (Å²) in [5.41, 5.74) is 1.95. The molecule has 2 aromatic carbocycles. The Morgan fingerprint density at radius 2 is 2.05 bits per heavy atom. The van der Waals surface area contributed by atoms with Crippen LogP contribution >= 0.6 is 0 Å². The Hall–Kier alpha value is -3.22. The van der Waals surface area contributed by atoms with Crippen molar-refractivity contribution in [2.75, 3.05) is 5.32 Å². The highest BCUT2D eigenvalue weighted by Gasteiger charge is 2.15. The number of nitrogens with zero attached hydrogens (tertiary/aromatic N) is 2. The molecule has 0 fully saturated rings. The van der Waals surface area contributed by atoms with E-state index in [1.807, 2.05) is 0 Å². The van der Waals surface area contributed by atoms with Crippen molar-refractivity contribution < 1.29 is 14.1 Å². The fraction of sp³-hybridized carbons (Fsp3) is 0.0667. The molecule has 0 saturated carbocycles. The van der Waals surface area contributed by atoms with Crippen LogP contribution < -0.4 is 5.32 Å². The van der Waals surface area contributed by atoms with E-state index in [0.29, 0.717) is 28.2 Å². The first-order valence-corrected chi connectivity index (χ1v) is 6.46. The lowest BCUT2D eigenvalue weighted by Gasteiger charge is -2.05. The summed E-state index contributed by atoms with van der Waals surface area (Å²) in [5, 5.41) is 13.5. The van der Waals surface area contributed by atoms with Gasteiger partial charge in [0, 0.05) is 19.1 Å². The first-order valence-electron chi connectivity index (χ1n) is 6.46. The zero-order valence-corrected chi connectivity index (χ0v) is 11.6. The van der Waals surface area contributed by atoms with E-state index in [4.69, 9.17) is 4.42 Å². The number of non-ortho nitro benzene ring substituents is 1. The maximum absolute atomic E-state index is 11.3. The van der Waals surface area contributed by atoms with Gasteiger partial charge in [-0.3, -0.25) is 14.9 Å². The lowest BCUT2D eigenvalue weighted by Crippen LogP contribution is -2.06. The molecule has 0 aliphatic heterocycles. The Morgan fingerprint density at radius 1 is 1.27 bits per heavy atom. The molecule has 0 aliphatic carbocycles. The van der Waals surface area contributed by atoms with Gasteiger partial charge in [0.2, 0.25) is 11.8 Å². The van der Waals surface area contributed by atoms with E-state index in [-0.39, 0.29) is 11.6 Å². The number of hydrogen-bond acceptors (Lipinski definition) is 5. The van der Waals surface area contributed by atoms with Crippen LogP contribution in [0.5, 0.6) is 0 Å². The average molecular weight is 297 g/mol. The summed E-state index contributed by atoms with van der Waals surface area (Å²) in [6.45, 7) is 1.41. The molecule has 1 aromatic heterocycles. The number of benzene rings is 2. The molecule has 110 valence electrons. The number of fused-ring (bicyclic) bond motifs is 1. The van der Waals surface area contributed by atoms with Crippen LogP contribution in [0, 0.1) is 10.1 Å². The first-order chi connectivity index (χ1) is 10.5. The van der Waals surface area contributed by atoms with Crippen molar-refractivity contribution in [2.24, 2.45) is 0 Å². The van der Waals surface area contributed by atoms with Crippen molar-refractivity contribution in [1.82, 2.24) is 4.98 Å². The average Bonchev–Trinajstić information content (AvgIpc) is 2.89. The lowest BCUT2D eigenvalue weighted by atomic mass is 10.2. The maximum Gasteiger partial charge on any atom is 0.271 e. The number of aromatic nitrogens is 1. The Kier molecular flexibility index (Phi) is 3.30. The molecule has 0 aliphatic rings. The van der Waals surface area contributed by atoms with Crippen LogP contribution in [0.15, 0.2) is 46.9 Å². The number of amides is 1. The van der Waals surface area contributed by atoms with Crippen molar-refractivity contribution in [3.05, 3.63) is 52.6 Å². The number of anilines is 1. The fourth-order valence-corrected chi connectivity index (χ4v) is 2.11. The first kappa shape index (κ1) is 13.7. The van der Waals surface area contributed by atoms with E-state index in [9.17, 15) is 14.9 Å². The van der Waals surface area contributed by atoms with E-state index in [1.54, 1.807) is 24.3 Å². The Bertz CT molecular complexity index is 885. The summed E-state index contributed by atoms with van der Waals surface area (Å²) >= 11 is 0. The summed E-state index contributed by atoms with van der Waals surface area (Å²) in [6.07, 6.45) is 0. The number of nitro benzene ring substituents is 1. The topological polar surface area (TPSA) is 98.3 Å². The van der Waals surface area contributed by atoms with Crippen molar-refractivity contribution in [3.8, 4) is 11.5 Å². The predicted octanol–water partition coefficient (Wildman–Crippen LogP) is 3.36. The summed E-state index contributed by atoms with van der Waals surface area (Å²) in [4.78, 5) is 25.8. The molecule has 22 heavy (non-hydrogen) atoms. The molecule has 0 saturated heterocycles. The summed E-state index contributed by atoms with van der Waals surface area (Å²) in [7, 11) is 0. The smallest absolute Gasteiger partial charge is 0.271 e. The molecule has 1 N–H and O–H groups in total. The second-order valence-corrected chi connectivity index (χ2v) is 4.65. The molecule has 7 nitrogen and oxygen atoms in total. The Balaban J connectivity index is 2.11. The van der Waals surface area contributed by atoms with Crippen LogP contribution in [-0.2, 0) is 4.79 Å². The number of nitro groups is 1. The van der Waals surface area contributed by atoms with E-state index in [1.165, 1.54) is 25.1 Å². The number of carbonyl (C=O) groups is 1. The van der Waals surface area contributed by atoms with Gasteiger partial charge in [0.1, 0.15) is 5.52 Å². The van der Waals surface area contributed by atoms with Gasteiger partial charge in [0.25, 0.3) is 5.69 Å². The Morgan fingerprint density at radius 3 is 2.77 bits per heavy atom. The highest BCUT2D eigenvalue weighted by Crippen LogP contribution is 2.31. The highest BCUT2D eigenvalue weighted by atomic mass is 16.6. The van der Waals surface area contributed by atoms with Gasteiger partial charge >= 0.3 is 0 Å². The molecule has 0 bridgehead atoms. The molecule has 7 heteroatoms. The van der Waals surface area contributed by atoms with Crippen molar-refractivity contribution in [3.63, 3.8) is 0 Å². The third-order valence-electron chi connectivity index (χ3n) is 3.05. The van der Waals surface area contributed by atoms with Crippen LogP contribution in [0.4, 0.5) is 11.4 Å². The third kappa shape index (κ3) is 2.51. The van der Waals surface area contributed by atoms with E-state index in [2.05, 4.69) is 10.3 Å². The van der Waals surface area contributed by atoms with Gasteiger partial charge in [-0.05, 0) is 18.2 Å². The molecule has 0 unspecified atom stereocenters. The van der Waals surface area contributed by atoms with Gasteiger partial charge in [-0.25, -0.2) is 4.98 Å².